The number of oxime groups is 1. The molecule has 0 fully saturated rings. The van der Waals surface area contributed by atoms with Crippen molar-refractivity contribution in [3.63, 3.8) is 0 Å². The Balaban J connectivity index is 2.69. The van der Waals surface area contributed by atoms with Crippen LogP contribution >= 0.6 is 0 Å². The predicted octanol–water partition coefficient (Wildman–Crippen LogP) is 1.95. The standard InChI is InChI=1S/C14H24N4O/c1-10(2)14(3,4)9-16-8-11-6-5-7-17-12(11)13(15)18-19/h5-7,10,16,19H,8-9H2,1-4H3,(H2,15,18). The van der Waals surface area contributed by atoms with Gasteiger partial charge in [-0.2, -0.15) is 0 Å². The van der Waals surface area contributed by atoms with Crippen LogP contribution in [0.25, 0.3) is 0 Å². The smallest absolute Gasteiger partial charge is 0.189 e. The van der Waals surface area contributed by atoms with Crippen molar-refractivity contribution in [2.75, 3.05) is 6.54 Å². The summed E-state index contributed by atoms with van der Waals surface area (Å²) in [5, 5.41) is 15.2. The zero-order valence-corrected chi connectivity index (χ0v) is 12.1. The molecule has 0 aliphatic heterocycles. The van der Waals surface area contributed by atoms with Crippen molar-refractivity contribution in [1.29, 1.82) is 0 Å². The molecule has 0 bridgehead atoms. The lowest BCUT2D eigenvalue weighted by atomic mass is 9.81. The second kappa shape index (κ2) is 6.52. The first-order valence-corrected chi connectivity index (χ1v) is 6.51. The summed E-state index contributed by atoms with van der Waals surface area (Å²) in [6, 6.07) is 3.77. The quantitative estimate of drug-likeness (QED) is 0.317. The van der Waals surface area contributed by atoms with Crippen LogP contribution in [0.4, 0.5) is 0 Å². The van der Waals surface area contributed by atoms with E-state index in [-0.39, 0.29) is 11.3 Å². The molecule has 0 unspecified atom stereocenters. The normalized spacial score (nSPS) is 13.0. The van der Waals surface area contributed by atoms with E-state index >= 15 is 0 Å². The molecule has 0 saturated heterocycles. The average Bonchev–Trinajstić information content (AvgIpc) is 2.38. The lowest BCUT2D eigenvalue weighted by molar-refractivity contribution is 0.238. The van der Waals surface area contributed by atoms with Gasteiger partial charge in [-0.25, -0.2) is 0 Å². The van der Waals surface area contributed by atoms with Gasteiger partial charge in [0.1, 0.15) is 5.69 Å². The number of amidine groups is 1. The molecule has 0 amide bonds. The van der Waals surface area contributed by atoms with Crippen molar-refractivity contribution in [3.8, 4) is 0 Å². The van der Waals surface area contributed by atoms with Crippen molar-refractivity contribution in [2.24, 2.45) is 22.2 Å². The highest BCUT2D eigenvalue weighted by atomic mass is 16.4. The Bertz CT molecular complexity index is 441. The molecule has 0 spiro atoms. The van der Waals surface area contributed by atoms with E-state index in [0.717, 1.165) is 12.1 Å². The van der Waals surface area contributed by atoms with Gasteiger partial charge in [-0.15, -0.1) is 0 Å². The lowest BCUT2D eigenvalue weighted by Crippen LogP contribution is -2.33. The maximum Gasteiger partial charge on any atom is 0.189 e. The molecule has 4 N–H and O–H groups in total. The summed E-state index contributed by atoms with van der Waals surface area (Å²) >= 11 is 0. The van der Waals surface area contributed by atoms with Gasteiger partial charge in [0, 0.05) is 19.3 Å². The Morgan fingerprint density at radius 3 is 2.79 bits per heavy atom. The summed E-state index contributed by atoms with van der Waals surface area (Å²) in [6.07, 6.45) is 1.63. The van der Waals surface area contributed by atoms with E-state index in [1.807, 2.05) is 12.1 Å². The highest BCUT2D eigenvalue weighted by Gasteiger charge is 2.21. The molecule has 0 atom stereocenters. The first-order chi connectivity index (χ1) is 8.88. The Kier molecular flexibility index (Phi) is 5.30. The molecule has 0 aromatic carbocycles. The van der Waals surface area contributed by atoms with E-state index in [9.17, 15) is 0 Å². The molecule has 5 heteroatoms. The lowest BCUT2D eigenvalue weighted by Gasteiger charge is -2.29. The number of aromatic nitrogens is 1. The minimum atomic E-state index is 0.0421. The SMILES string of the molecule is CC(C)C(C)(C)CNCc1cccnc1/C(N)=N/O. The van der Waals surface area contributed by atoms with Gasteiger partial charge in [-0.05, 0) is 23.0 Å². The third-order valence-electron chi connectivity index (χ3n) is 3.70. The van der Waals surface area contributed by atoms with Crippen LogP contribution in [0.15, 0.2) is 23.5 Å². The molecule has 1 aromatic rings. The molecule has 1 aromatic heterocycles. The summed E-state index contributed by atoms with van der Waals surface area (Å²) in [5.74, 6) is 0.637. The molecule has 106 valence electrons. The van der Waals surface area contributed by atoms with Crippen LogP contribution in [-0.2, 0) is 6.54 Å². The van der Waals surface area contributed by atoms with Gasteiger partial charge in [0.15, 0.2) is 5.84 Å². The van der Waals surface area contributed by atoms with E-state index in [1.54, 1.807) is 6.20 Å². The first-order valence-electron chi connectivity index (χ1n) is 6.51. The van der Waals surface area contributed by atoms with Crippen LogP contribution in [0.5, 0.6) is 0 Å². The fourth-order valence-corrected chi connectivity index (χ4v) is 1.58. The number of nitrogens with one attached hydrogen (secondary N) is 1. The average molecular weight is 264 g/mol. The number of hydrogen-bond acceptors (Lipinski definition) is 4. The Morgan fingerprint density at radius 2 is 2.21 bits per heavy atom. The molecular weight excluding hydrogens is 240 g/mol. The topological polar surface area (TPSA) is 83.5 Å². The van der Waals surface area contributed by atoms with E-state index in [4.69, 9.17) is 10.9 Å². The fourth-order valence-electron chi connectivity index (χ4n) is 1.58. The van der Waals surface area contributed by atoms with Crippen LogP contribution in [0.1, 0.15) is 39.0 Å². The number of pyridine rings is 1. The molecule has 5 nitrogen and oxygen atoms in total. The Labute approximate surface area is 114 Å². The predicted molar refractivity (Wildman–Crippen MR) is 77.1 cm³/mol. The Morgan fingerprint density at radius 1 is 1.53 bits per heavy atom. The summed E-state index contributed by atoms with van der Waals surface area (Å²) in [4.78, 5) is 4.14. The van der Waals surface area contributed by atoms with Crippen LogP contribution < -0.4 is 11.1 Å². The van der Waals surface area contributed by atoms with Crippen molar-refractivity contribution in [1.82, 2.24) is 10.3 Å². The molecule has 0 aliphatic carbocycles. The first kappa shape index (κ1) is 15.4. The van der Waals surface area contributed by atoms with E-state index in [1.165, 1.54) is 0 Å². The van der Waals surface area contributed by atoms with Crippen molar-refractivity contribution >= 4 is 5.84 Å². The van der Waals surface area contributed by atoms with Crippen LogP contribution in [0, 0.1) is 11.3 Å². The molecule has 0 saturated carbocycles. The molecule has 19 heavy (non-hydrogen) atoms. The maximum atomic E-state index is 8.74. The number of nitrogens with zero attached hydrogens (tertiary/aromatic N) is 2. The van der Waals surface area contributed by atoms with Gasteiger partial charge in [-0.1, -0.05) is 38.9 Å². The zero-order chi connectivity index (χ0) is 14.5. The number of nitrogens with two attached hydrogens (primary N) is 1. The van der Waals surface area contributed by atoms with Crippen LogP contribution in [0.2, 0.25) is 0 Å². The van der Waals surface area contributed by atoms with E-state index in [2.05, 4.69) is 43.2 Å². The second-order valence-electron chi connectivity index (χ2n) is 5.74. The number of rotatable bonds is 6. The summed E-state index contributed by atoms with van der Waals surface area (Å²) in [7, 11) is 0. The van der Waals surface area contributed by atoms with E-state index < -0.39 is 0 Å². The second-order valence-corrected chi connectivity index (χ2v) is 5.74. The Hall–Kier alpha value is -1.62. The van der Waals surface area contributed by atoms with Gasteiger partial charge in [0.25, 0.3) is 0 Å². The molecule has 0 aliphatic rings. The molecule has 0 radical (unpaired) electrons. The van der Waals surface area contributed by atoms with Gasteiger partial charge in [0.2, 0.25) is 0 Å². The summed E-state index contributed by atoms with van der Waals surface area (Å²) < 4.78 is 0. The third kappa shape index (κ3) is 4.21. The minimum Gasteiger partial charge on any atom is -0.409 e. The molecular formula is C14H24N4O. The van der Waals surface area contributed by atoms with E-state index in [0.29, 0.717) is 18.2 Å². The summed E-state index contributed by atoms with van der Waals surface area (Å²) in [6.45, 7) is 10.4. The van der Waals surface area contributed by atoms with Gasteiger partial charge in [-0.3, -0.25) is 4.98 Å². The van der Waals surface area contributed by atoms with Gasteiger partial charge < -0.3 is 16.3 Å². The highest BCUT2D eigenvalue weighted by molar-refractivity contribution is 5.96. The van der Waals surface area contributed by atoms with Crippen molar-refractivity contribution < 1.29 is 5.21 Å². The maximum absolute atomic E-state index is 8.74. The third-order valence-corrected chi connectivity index (χ3v) is 3.70. The fraction of sp³-hybridized carbons (Fsp3) is 0.571. The number of hydrogen-bond donors (Lipinski definition) is 3. The van der Waals surface area contributed by atoms with Gasteiger partial charge in [0.05, 0.1) is 0 Å². The van der Waals surface area contributed by atoms with Gasteiger partial charge >= 0.3 is 0 Å². The molecule has 1 rings (SSSR count). The van der Waals surface area contributed by atoms with Crippen LogP contribution in [0.3, 0.4) is 0 Å². The minimum absolute atomic E-state index is 0.0421. The van der Waals surface area contributed by atoms with Crippen LogP contribution in [-0.4, -0.2) is 22.6 Å². The largest absolute Gasteiger partial charge is 0.409 e. The zero-order valence-electron chi connectivity index (χ0n) is 12.1. The van der Waals surface area contributed by atoms with Crippen molar-refractivity contribution in [2.45, 2.75) is 34.2 Å². The highest BCUT2D eigenvalue weighted by Crippen LogP contribution is 2.24. The molecule has 1 heterocycles. The van der Waals surface area contributed by atoms with Crippen molar-refractivity contribution in [3.05, 3.63) is 29.6 Å². The summed E-state index contributed by atoms with van der Waals surface area (Å²) in [5.41, 5.74) is 7.29. The monoisotopic (exact) mass is 264 g/mol.